The minimum atomic E-state index is -0.372. The summed E-state index contributed by atoms with van der Waals surface area (Å²) in [6, 6.07) is 7.12. The van der Waals surface area contributed by atoms with E-state index in [1.54, 1.807) is 28.6 Å². The predicted molar refractivity (Wildman–Crippen MR) is 88.9 cm³/mol. The maximum absolute atomic E-state index is 12.6. The van der Waals surface area contributed by atoms with Gasteiger partial charge < -0.3 is 10.6 Å². The average Bonchev–Trinajstić information content (AvgIpc) is 2.97. The van der Waals surface area contributed by atoms with Crippen LogP contribution in [0.5, 0.6) is 0 Å². The van der Waals surface area contributed by atoms with Gasteiger partial charge in [-0.25, -0.2) is 9.67 Å². The van der Waals surface area contributed by atoms with Crippen LogP contribution < -0.4 is 5.73 Å². The molecule has 2 aromatic rings. The number of aryl methyl sites for hydroxylation is 1. The zero-order chi connectivity index (χ0) is 17.3. The van der Waals surface area contributed by atoms with E-state index < -0.39 is 0 Å². The van der Waals surface area contributed by atoms with Gasteiger partial charge in [0.25, 0.3) is 5.91 Å². The van der Waals surface area contributed by atoms with Gasteiger partial charge >= 0.3 is 0 Å². The molecule has 1 aliphatic heterocycles. The van der Waals surface area contributed by atoms with Crippen LogP contribution >= 0.6 is 11.6 Å². The van der Waals surface area contributed by atoms with E-state index in [1.807, 2.05) is 12.1 Å². The molecule has 3 rings (SSSR count). The van der Waals surface area contributed by atoms with Crippen molar-refractivity contribution in [2.24, 2.45) is 11.7 Å². The number of carbonyl (C=O) groups excluding carboxylic acids is 2. The summed E-state index contributed by atoms with van der Waals surface area (Å²) in [6.07, 6.45) is 1.46. The maximum atomic E-state index is 12.6. The number of hydrogen-bond acceptors (Lipinski definition) is 4. The van der Waals surface area contributed by atoms with Crippen LogP contribution in [0.2, 0.25) is 5.02 Å². The van der Waals surface area contributed by atoms with Gasteiger partial charge in [0.05, 0.1) is 11.6 Å². The SMILES string of the molecule is Cc1nc(C(=O)N2CCCC(C(N)=O)C2)nn1-c1ccc(Cl)cc1. The molecular formula is C16H18ClN5O2. The number of primary amides is 1. The number of aromatic nitrogens is 3. The Morgan fingerprint density at radius 1 is 1.29 bits per heavy atom. The molecule has 1 aromatic carbocycles. The van der Waals surface area contributed by atoms with E-state index >= 15 is 0 Å². The van der Waals surface area contributed by atoms with E-state index in [9.17, 15) is 9.59 Å². The first-order chi connectivity index (χ1) is 11.5. The van der Waals surface area contributed by atoms with Crippen molar-refractivity contribution in [3.05, 3.63) is 40.9 Å². The summed E-state index contributed by atoms with van der Waals surface area (Å²) in [6.45, 7) is 2.68. The van der Waals surface area contributed by atoms with Crippen molar-refractivity contribution in [2.75, 3.05) is 13.1 Å². The normalized spacial score (nSPS) is 17.8. The molecule has 1 atom stereocenters. The van der Waals surface area contributed by atoms with Crippen molar-refractivity contribution >= 4 is 23.4 Å². The number of piperidine rings is 1. The molecule has 1 fully saturated rings. The molecule has 0 spiro atoms. The van der Waals surface area contributed by atoms with Crippen LogP contribution in [0.1, 0.15) is 29.3 Å². The molecule has 7 nitrogen and oxygen atoms in total. The number of benzene rings is 1. The summed E-state index contributed by atoms with van der Waals surface area (Å²) in [5.41, 5.74) is 6.14. The monoisotopic (exact) mass is 347 g/mol. The fourth-order valence-electron chi connectivity index (χ4n) is 2.84. The summed E-state index contributed by atoms with van der Waals surface area (Å²) < 4.78 is 1.60. The Labute approximate surface area is 144 Å². The van der Waals surface area contributed by atoms with Gasteiger partial charge in [0.2, 0.25) is 11.7 Å². The summed E-state index contributed by atoms with van der Waals surface area (Å²) in [5, 5.41) is 4.93. The van der Waals surface area contributed by atoms with Gasteiger partial charge in [-0.05, 0) is 44.0 Å². The lowest BCUT2D eigenvalue weighted by Gasteiger charge is -2.30. The van der Waals surface area contributed by atoms with Crippen molar-refractivity contribution < 1.29 is 9.59 Å². The Morgan fingerprint density at radius 3 is 2.67 bits per heavy atom. The third-order valence-corrected chi connectivity index (χ3v) is 4.39. The Hall–Kier alpha value is -2.41. The first-order valence-corrected chi connectivity index (χ1v) is 8.11. The van der Waals surface area contributed by atoms with Gasteiger partial charge in [0.15, 0.2) is 0 Å². The number of carbonyl (C=O) groups is 2. The van der Waals surface area contributed by atoms with Crippen molar-refractivity contribution in [3.63, 3.8) is 0 Å². The molecular weight excluding hydrogens is 330 g/mol. The van der Waals surface area contributed by atoms with Crippen molar-refractivity contribution in [1.82, 2.24) is 19.7 Å². The van der Waals surface area contributed by atoms with E-state index in [1.165, 1.54) is 0 Å². The fraction of sp³-hybridized carbons (Fsp3) is 0.375. The second-order valence-electron chi connectivity index (χ2n) is 5.86. The second kappa shape index (κ2) is 6.60. The van der Waals surface area contributed by atoms with E-state index in [0.717, 1.165) is 12.1 Å². The molecule has 2 heterocycles. The van der Waals surface area contributed by atoms with Crippen molar-refractivity contribution in [3.8, 4) is 5.69 Å². The number of hydrogen-bond donors (Lipinski definition) is 1. The number of likely N-dealkylation sites (tertiary alicyclic amines) is 1. The third-order valence-electron chi connectivity index (χ3n) is 4.14. The van der Waals surface area contributed by atoms with E-state index in [2.05, 4.69) is 10.1 Å². The van der Waals surface area contributed by atoms with Crippen LogP contribution in [0.15, 0.2) is 24.3 Å². The van der Waals surface area contributed by atoms with E-state index in [4.69, 9.17) is 17.3 Å². The average molecular weight is 348 g/mol. The van der Waals surface area contributed by atoms with Crippen LogP contribution in [0.3, 0.4) is 0 Å². The number of amides is 2. The molecule has 0 radical (unpaired) electrons. The Bertz CT molecular complexity index is 771. The van der Waals surface area contributed by atoms with Gasteiger partial charge in [-0.15, -0.1) is 5.10 Å². The van der Waals surface area contributed by atoms with Gasteiger partial charge in [-0.2, -0.15) is 0 Å². The number of nitrogens with zero attached hydrogens (tertiary/aromatic N) is 4. The fourth-order valence-corrected chi connectivity index (χ4v) is 2.97. The standard InChI is InChI=1S/C16H18ClN5O2/c1-10-19-15(20-22(10)13-6-4-12(17)5-7-13)16(24)21-8-2-3-11(9-21)14(18)23/h4-7,11H,2-3,8-9H2,1H3,(H2,18,23). The molecule has 0 aliphatic carbocycles. The third kappa shape index (κ3) is 3.26. The number of rotatable bonds is 3. The minimum Gasteiger partial charge on any atom is -0.369 e. The summed E-state index contributed by atoms with van der Waals surface area (Å²) in [7, 11) is 0. The van der Waals surface area contributed by atoms with Crippen LogP contribution in [0, 0.1) is 12.8 Å². The summed E-state index contributed by atoms with van der Waals surface area (Å²) in [5.74, 6) is -0.237. The van der Waals surface area contributed by atoms with Gasteiger partial charge in [-0.1, -0.05) is 11.6 Å². The molecule has 0 saturated carbocycles. The van der Waals surface area contributed by atoms with E-state index in [0.29, 0.717) is 30.4 Å². The highest BCUT2D eigenvalue weighted by Crippen LogP contribution is 2.19. The lowest BCUT2D eigenvalue weighted by Crippen LogP contribution is -2.44. The Morgan fingerprint density at radius 2 is 2.00 bits per heavy atom. The molecule has 1 aliphatic rings. The van der Waals surface area contributed by atoms with Crippen molar-refractivity contribution in [2.45, 2.75) is 19.8 Å². The smallest absolute Gasteiger partial charge is 0.293 e. The molecule has 2 amide bonds. The summed E-state index contributed by atoms with van der Waals surface area (Å²) >= 11 is 5.89. The molecule has 2 N–H and O–H groups in total. The molecule has 1 saturated heterocycles. The second-order valence-corrected chi connectivity index (χ2v) is 6.30. The lowest BCUT2D eigenvalue weighted by atomic mass is 9.97. The molecule has 0 bridgehead atoms. The highest BCUT2D eigenvalue weighted by atomic mass is 35.5. The van der Waals surface area contributed by atoms with Crippen LogP contribution in [0.25, 0.3) is 5.69 Å². The topological polar surface area (TPSA) is 94.1 Å². The first-order valence-electron chi connectivity index (χ1n) is 7.74. The van der Waals surface area contributed by atoms with Gasteiger partial charge in [0.1, 0.15) is 5.82 Å². The lowest BCUT2D eigenvalue weighted by molar-refractivity contribution is -0.123. The maximum Gasteiger partial charge on any atom is 0.293 e. The molecule has 1 unspecified atom stereocenters. The van der Waals surface area contributed by atoms with Gasteiger partial charge in [0, 0.05) is 18.1 Å². The van der Waals surface area contributed by atoms with Crippen LogP contribution in [0.4, 0.5) is 0 Å². The number of nitrogens with two attached hydrogens (primary N) is 1. The quantitative estimate of drug-likeness (QED) is 0.911. The highest BCUT2D eigenvalue weighted by Gasteiger charge is 2.29. The van der Waals surface area contributed by atoms with Crippen LogP contribution in [-0.4, -0.2) is 44.6 Å². The van der Waals surface area contributed by atoms with Crippen molar-refractivity contribution in [1.29, 1.82) is 0 Å². The highest BCUT2D eigenvalue weighted by molar-refractivity contribution is 6.30. The number of halogens is 1. The minimum absolute atomic E-state index is 0.118. The largest absolute Gasteiger partial charge is 0.369 e. The first kappa shape index (κ1) is 16.4. The molecule has 126 valence electrons. The molecule has 1 aromatic heterocycles. The Balaban J connectivity index is 1.82. The zero-order valence-electron chi connectivity index (χ0n) is 13.3. The van der Waals surface area contributed by atoms with E-state index in [-0.39, 0.29) is 23.6 Å². The zero-order valence-corrected chi connectivity index (χ0v) is 14.0. The predicted octanol–water partition coefficient (Wildman–Crippen LogP) is 1.57. The van der Waals surface area contributed by atoms with Crippen LogP contribution in [-0.2, 0) is 4.79 Å². The van der Waals surface area contributed by atoms with Gasteiger partial charge in [-0.3, -0.25) is 9.59 Å². The summed E-state index contributed by atoms with van der Waals surface area (Å²) in [4.78, 5) is 29.9. The molecule has 24 heavy (non-hydrogen) atoms. The molecule has 8 heteroatoms. The Kier molecular flexibility index (Phi) is 4.53.